The maximum atomic E-state index is 12.1. The molecule has 1 aliphatic carbocycles. The molecule has 106 valence electrons. The van der Waals surface area contributed by atoms with Crippen LogP contribution in [0, 0.1) is 5.92 Å². The van der Waals surface area contributed by atoms with Crippen molar-refractivity contribution in [1.82, 2.24) is 14.9 Å². The minimum atomic E-state index is -0.537. The van der Waals surface area contributed by atoms with Gasteiger partial charge in [0.25, 0.3) is 5.91 Å². The topological polar surface area (TPSA) is 95.3 Å². The molecule has 6 nitrogen and oxygen atoms in total. The van der Waals surface area contributed by atoms with E-state index in [1.807, 2.05) is 6.92 Å². The molecule has 0 aliphatic heterocycles. The number of aryl methyl sites for hydroxylation is 1. The first-order chi connectivity index (χ1) is 9.15. The van der Waals surface area contributed by atoms with Crippen LogP contribution < -0.4 is 5.32 Å². The number of aliphatic hydroxyl groups excluding tert-OH is 2. The normalized spacial score (nSPS) is 26.6. The highest BCUT2D eigenvalue weighted by Crippen LogP contribution is 2.26. The second-order valence-electron chi connectivity index (χ2n) is 4.95. The van der Waals surface area contributed by atoms with Gasteiger partial charge in [-0.15, -0.1) is 5.10 Å². The van der Waals surface area contributed by atoms with Crippen LogP contribution in [0.15, 0.2) is 0 Å². The molecule has 1 amide bonds. The van der Waals surface area contributed by atoms with Gasteiger partial charge >= 0.3 is 0 Å². The number of carbonyl (C=O) groups is 1. The second kappa shape index (κ2) is 6.40. The van der Waals surface area contributed by atoms with E-state index in [2.05, 4.69) is 14.9 Å². The molecule has 19 heavy (non-hydrogen) atoms. The summed E-state index contributed by atoms with van der Waals surface area (Å²) in [6.07, 6.45) is 2.22. The van der Waals surface area contributed by atoms with Gasteiger partial charge in [0.2, 0.25) is 0 Å². The van der Waals surface area contributed by atoms with E-state index in [1.54, 1.807) is 0 Å². The highest BCUT2D eigenvalue weighted by molar-refractivity contribution is 7.08. The molecular formula is C12H19N3O3S. The maximum absolute atomic E-state index is 12.1. The zero-order chi connectivity index (χ0) is 13.8. The number of aromatic nitrogens is 2. The highest BCUT2D eigenvalue weighted by atomic mass is 32.1. The zero-order valence-corrected chi connectivity index (χ0v) is 11.7. The minimum absolute atomic E-state index is 0.0449. The molecule has 0 unspecified atom stereocenters. The number of hydrogen-bond acceptors (Lipinski definition) is 6. The Hall–Kier alpha value is -1.05. The lowest BCUT2D eigenvalue weighted by Gasteiger charge is -2.11. The third kappa shape index (κ3) is 3.29. The van der Waals surface area contributed by atoms with E-state index < -0.39 is 6.10 Å². The molecule has 0 aromatic carbocycles. The van der Waals surface area contributed by atoms with Gasteiger partial charge in [-0.25, -0.2) is 0 Å². The third-order valence-electron chi connectivity index (χ3n) is 3.48. The predicted octanol–water partition coefficient (Wildman–Crippen LogP) is 0.352. The van der Waals surface area contributed by atoms with Crippen LogP contribution in [-0.4, -0.2) is 44.5 Å². The molecule has 0 radical (unpaired) electrons. The van der Waals surface area contributed by atoms with E-state index in [-0.39, 0.29) is 24.5 Å². The van der Waals surface area contributed by atoms with Gasteiger partial charge in [0.15, 0.2) is 0 Å². The van der Waals surface area contributed by atoms with Crippen molar-refractivity contribution in [2.75, 3.05) is 6.61 Å². The van der Waals surface area contributed by atoms with Crippen LogP contribution in [0.4, 0.5) is 0 Å². The molecule has 1 aromatic rings. The summed E-state index contributed by atoms with van der Waals surface area (Å²) in [6, 6.07) is -0.0868. The number of rotatable bonds is 5. The maximum Gasteiger partial charge on any atom is 0.265 e. The van der Waals surface area contributed by atoms with Crippen LogP contribution >= 0.6 is 11.5 Å². The molecule has 3 atom stereocenters. The Morgan fingerprint density at radius 1 is 1.53 bits per heavy atom. The molecule has 0 bridgehead atoms. The van der Waals surface area contributed by atoms with E-state index in [1.165, 1.54) is 0 Å². The van der Waals surface area contributed by atoms with Crippen molar-refractivity contribution in [3.63, 3.8) is 0 Å². The van der Waals surface area contributed by atoms with Crippen molar-refractivity contribution in [2.45, 2.75) is 44.8 Å². The SMILES string of the molecule is CCCc1nnsc1C(=O)N[C@H]1C[C@H](CO)[C@@H](O)C1. The molecule has 7 heteroatoms. The number of nitrogens with zero attached hydrogens (tertiary/aromatic N) is 2. The van der Waals surface area contributed by atoms with E-state index in [4.69, 9.17) is 5.11 Å². The zero-order valence-electron chi connectivity index (χ0n) is 10.9. The van der Waals surface area contributed by atoms with Crippen LogP contribution in [0.1, 0.15) is 41.6 Å². The van der Waals surface area contributed by atoms with Gasteiger partial charge in [-0.2, -0.15) is 0 Å². The van der Waals surface area contributed by atoms with Crippen molar-refractivity contribution in [1.29, 1.82) is 0 Å². The summed E-state index contributed by atoms with van der Waals surface area (Å²) in [7, 11) is 0. The fourth-order valence-corrected chi connectivity index (χ4v) is 3.06. The van der Waals surface area contributed by atoms with Crippen LogP contribution in [0.5, 0.6) is 0 Å². The standard InChI is InChI=1S/C12H19N3O3S/c1-2-3-9-11(19-15-14-9)12(18)13-8-4-7(6-16)10(17)5-8/h7-8,10,16-17H,2-6H2,1H3,(H,13,18)/t7-,8+,10+/m1/s1. The summed E-state index contributed by atoms with van der Waals surface area (Å²) < 4.78 is 3.82. The summed E-state index contributed by atoms with van der Waals surface area (Å²) in [5.41, 5.74) is 0.738. The Labute approximate surface area is 116 Å². The van der Waals surface area contributed by atoms with Gasteiger partial charge in [0.05, 0.1) is 11.8 Å². The van der Waals surface area contributed by atoms with Crippen LogP contribution in [0.25, 0.3) is 0 Å². The molecule has 1 saturated carbocycles. The molecule has 0 saturated heterocycles. The number of carbonyl (C=O) groups excluding carboxylic acids is 1. The second-order valence-corrected chi connectivity index (χ2v) is 5.70. The van der Waals surface area contributed by atoms with Gasteiger partial charge in [-0.05, 0) is 30.8 Å². The summed E-state index contributed by atoms with van der Waals surface area (Å²) >= 11 is 1.10. The average Bonchev–Trinajstić information content (AvgIpc) is 2.96. The lowest BCUT2D eigenvalue weighted by Crippen LogP contribution is -2.33. The molecular weight excluding hydrogens is 266 g/mol. The van der Waals surface area contributed by atoms with Crippen LogP contribution in [0.3, 0.4) is 0 Å². The monoisotopic (exact) mass is 285 g/mol. The number of aliphatic hydroxyl groups is 2. The van der Waals surface area contributed by atoms with Crippen molar-refractivity contribution in [3.05, 3.63) is 10.6 Å². The molecule has 3 N–H and O–H groups in total. The molecule has 1 fully saturated rings. The Morgan fingerprint density at radius 2 is 2.32 bits per heavy atom. The van der Waals surface area contributed by atoms with Crippen molar-refractivity contribution in [2.24, 2.45) is 5.92 Å². The van der Waals surface area contributed by atoms with E-state index in [0.717, 1.165) is 30.1 Å². The summed E-state index contributed by atoms with van der Waals surface area (Å²) in [5.74, 6) is -0.311. The lowest BCUT2D eigenvalue weighted by atomic mass is 10.1. The number of nitrogens with one attached hydrogen (secondary N) is 1. The largest absolute Gasteiger partial charge is 0.396 e. The summed E-state index contributed by atoms with van der Waals surface area (Å²) in [5, 5.41) is 25.7. The summed E-state index contributed by atoms with van der Waals surface area (Å²) in [6.45, 7) is 1.98. The van der Waals surface area contributed by atoms with Gasteiger partial charge < -0.3 is 15.5 Å². The lowest BCUT2D eigenvalue weighted by molar-refractivity contribution is 0.0904. The number of amides is 1. The van der Waals surface area contributed by atoms with Gasteiger partial charge in [0.1, 0.15) is 4.88 Å². The van der Waals surface area contributed by atoms with E-state index in [9.17, 15) is 9.90 Å². The first kappa shape index (κ1) is 14.4. The molecule has 2 rings (SSSR count). The minimum Gasteiger partial charge on any atom is -0.396 e. The molecule has 0 spiro atoms. The molecule has 1 aliphatic rings. The fourth-order valence-electron chi connectivity index (χ4n) is 2.45. The van der Waals surface area contributed by atoms with Crippen molar-refractivity contribution < 1.29 is 15.0 Å². The Balaban J connectivity index is 1.96. The van der Waals surface area contributed by atoms with Crippen LogP contribution in [-0.2, 0) is 6.42 Å². The Bertz CT molecular complexity index is 438. The highest BCUT2D eigenvalue weighted by Gasteiger charge is 2.33. The first-order valence-corrected chi connectivity index (χ1v) is 7.34. The molecule has 1 aromatic heterocycles. The van der Waals surface area contributed by atoms with E-state index in [0.29, 0.717) is 17.7 Å². The first-order valence-electron chi connectivity index (χ1n) is 6.56. The van der Waals surface area contributed by atoms with Gasteiger partial charge in [-0.3, -0.25) is 4.79 Å². The van der Waals surface area contributed by atoms with Gasteiger partial charge in [-0.1, -0.05) is 17.8 Å². The van der Waals surface area contributed by atoms with Gasteiger partial charge in [0, 0.05) is 18.6 Å². The number of hydrogen-bond donors (Lipinski definition) is 3. The van der Waals surface area contributed by atoms with Crippen molar-refractivity contribution in [3.8, 4) is 0 Å². The Kier molecular flexibility index (Phi) is 4.84. The average molecular weight is 285 g/mol. The van der Waals surface area contributed by atoms with Crippen molar-refractivity contribution >= 4 is 17.4 Å². The smallest absolute Gasteiger partial charge is 0.265 e. The fraction of sp³-hybridized carbons (Fsp3) is 0.750. The van der Waals surface area contributed by atoms with Crippen LogP contribution in [0.2, 0.25) is 0 Å². The summed E-state index contributed by atoms with van der Waals surface area (Å²) in [4.78, 5) is 12.7. The third-order valence-corrected chi connectivity index (χ3v) is 4.24. The molecule has 1 heterocycles. The Morgan fingerprint density at radius 3 is 2.95 bits per heavy atom. The predicted molar refractivity (Wildman–Crippen MR) is 71.0 cm³/mol. The van der Waals surface area contributed by atoms with E-state index >= 15 is 0 Å². The quantitative estimate of drug-likeness (QED) is 0.725.